The third-order valence-electron chi connectivity index (χ3n) is 1.66. The zero-order valence-corrected chi connectivity index (χ0v) is 7.25. The second-order valence-corrected chi connectivity index (χ2v) is 2.64. The molecule has 0 saturated heterocycles. The van der Waals surface area contributed by atoms with E-state index in [1.165, 1.54) is 6.07 Å². The molecule has 0 aromatic carbocycles. The van der Waals surface area contributed by atoms with Crippen molar-refractivity contribution in [3.8, 4) is 5.75 Å². The van der Waals surface area contributed by atoms with Gasteiger partial charge in [0.15, 0.2) is 5.75 Å². The van der Waals surface area contributed by atoms with Crippen LogP contribution in [0.4, 0.5) is 4.79 Å². The van der Waals surface area contributed by atoms with Gasteiger partial charge < -0.3 is 14.8 Å². The van der Waals surface area contributed by atoms with Gasteiger partial charge in [-0.05, 0) is 25.5 Å². The normalized spacial score (nSPS) is 9.69. The van der Waals surface area contributed by atoms with Crippen LogP contribution in [0, 0.1) is 13.8 Å². The van der Waals surface area contributed by atoms with E-state index in [0.717, 1.165) is 5.56 Å². The number of H-pyrrole nitrogens is 1. The molecule has 0 aliphatic carbocycles. The number of hydrogen-bond donors (Lipinski definition) is 2. The predicted octanol–water partition coefficient (Wildman–Crippen LogP) is 1.05. The Morgan fingerprint density at radius 2 is 2.15 bits per heavy atom. The van der Waals surface area contributed by atoms with Gasteiger partial charge in [-0.3, -0.25) is 4.79 Å². The second kappa shape index (κ2) is 3.30. The van der Waals surface area contributed by atoms with Crippen molar-refractivity contribution in [1.82, 2.24) is 4.98 Å². The molecular formula is C8H9NO4. The number of aromatic amines is 1. The molecule has 1 aromatic rings. The summed E-state index contributed by atoms with van der Waals surface area (Å²) in [5.41, 5.74) is 0.934. The quantitative estimate of drug-likeness (QED) is 0.637. The average Bonchev–Trinajstić information content (AvgIpc) is 1.99. The fourth-order valence-electron chi connectivity index (χ4n) is 0.871. The Bertz CT molecular complexity index is 394. The van der Waals surface area contributed by atoms with Crippen LogP contribution in [-0.2, 0) is 0 Å². The van der Waals surface area contributed by atoms with Crippen LogP contribution in [0.25, 0.3) is 0 Å². The van der Waals surface area contributed by atoms with Crippen molar-refractivity contribution in [3.05, 3.63) is 27.7 Å². The van der Waals surface area contributed by atoms with E-state index in [4.69, 9.17) is 5.11 Å². The summed E-state index contributed by atoms with van der Waals surface area (Å²) in [6.45, 7) is 3.47. The van der Waals surface area contributed by atoms with Gasteiger partial charge in [0.05, 0.1) is 0 Å². The van der Waals surface area contributed by atoms with E-state index in [0.29, 0.717) is 5.69 Å². The Morgan fingerprint density at radius 1 is 1.54 bits per heavy atom. The molecule has 0 aliphatic rings. The van der Waals surface area contributed by atoms with Gasteiger partial charge >= 0.3 is 6.16 Å². The molecule has 0 aliphatic heterocycles. The fourth-order valence-corrected chi connectivity index (χ4v) is 0.871. The van der Waals surface area contributed by atoms with Gasteiger partial charge in [-0.25, -0.2) is 4.79 Å². The zero-order chi connectivity index (χ0) is 10.0. The average molecular weight is 183 g/mol. The summed E-state index contributed by atoms with van der Waals surface area (Å²) >= 11 is 0. The molecule has 5 heteroatoms. The summed E-state index contributed by atoms with van der Waals surface area (Å²) in [5, 5.41) is 8.28. The molecule has 0 atom stereocenters. The number of hydrogen-bond acceptors (Lipinski definition) is 3. The summed E-state index contributed by atoms with van der Waals surface area (Å²) in [6, 6.07) is 1.39. The molecule has 0 saturated carbocycles. The van der Waals surface area contributed by atoms with E-state index >= 15 is 0 Å². The van der Waals surface area contributed by atoms with Crippen molar-refractivity contribution in [3.63, 3.8) is 0 Å². The van der Waals surface area contributed by atoms with Crippen LogP contribution in [-0.4, -0.2) is 16.2 Å². The van der Waals surface area contributed by atoms with Crippen LogP contribution in [0.3, 0.4) is 0 Å². The SMILES string of the molecule is Cc1cc(OC(=O)O)c(=O)[nH]c1C. The Hall–Kier alpha value is -1.78. The van der Waals surface area contributed by atoms with Crippen molar-refractivity contribution in [2.45, 2.75) is 13.8 Å². The first-order valence-electron chi connectivity index (χ1n) is 3.62. The third kappa shape index (κ3) is 2.08. The zero-order valence-electron chi connectivity index (χ0n) is 7.25. The number of pyridine rings is 1. The maximum absolute atomic E-state index is 11.1. The molecule has 0 spiro atoms. The first-order chi connectivity index (χ1) is 6.00. The van der Waals surface area contributed by atoms with Crippen molar-refractivity contribution in [1.29, 1.82) is 0 Å². The highest BCUT2D eigenvalue weighted by Gasteiger charge is 2.07. The number of carbonyl (C=O) groups is 1. The van der Waals surface area contributed by atoms with E-state index < -0.39 is 11.7 Å². The molecule has 5 nitrogen and oxygen atoms in total. The number of nitrogens with one attached hydrogen (secondary N) is 1. The monoisotopic (exact) mass is 183 g/mol. The van der Waals surface area contributed by atoms with E-state index in [9.17, 15) is 9.59 Å². The minimum absolute atomic E-state index is 0.199. The molecule has 1 rings (SSSR count). The van der Waals surface area contributed by atoms with Crippen LogP contribution >= 0.6 is 0 Å². The van der Waals surface area contributed by atoms with Gasteiger partial charge in [-0.2, -0.15) is 0 Å². The predicted molar refractivity (Wildman–Crippen MR) is 45.2 cm³/mol. The van der Waals surface area contributed by atoms with E-state index in [2.05, 4.69) is 9.72 Å². The van der Waals surface area contributed by atoms with Gasteiger partial charge in [0.25, 0.3) is 5.56 Å². The lowest BCUT2D eigenvalue weighted by molar-refractivity contribution is 0.143. The highest BCUT2D eigenvalue weighted by atomic mass is 16.7. The molecule has 1 aromatic heterocycles. The molecule has 0 unspecified atom stereocenters. The number of aromatic nitrogens is 1. The van der Waals surface area contributed by atoms with E-state index in [-0.39, 0.29) is 5.75 Å². The van der Waals surface area contributed by atoms with Gasteiger partial charge in [0, 0.05) is 5.69 Å². The van der Waals surface area contributed by atoms with Crippen molar-refractivity contribution in [2.24, 2.45) is 0 Å². The second-order valence-electron chi connectivity index (χ2n) is 2.64. The summed E-state index contributed by atoms with van der Waals surface area (Å²) in [5.74, 6) is -0.199. The van der Waals surface area contributed by atoms with Gasteiger partial charge in [-0.1, -0.05) is 0 Å². The Morgan fingerprint density at radius 3 is 2.69 bits per heavy atom. The minimum Gasteiger partial charge on any atom is -0.449 e. The van der Waals surface area contributed by atoms with Crippen LogP contribution in [0.15, 0.2) is 10.9 Å². The highest BCUT2D eigenvalue weighted by molar-refractivity contribution is 5.61. The summed E-state index contributed by atoms with van der Waals surface area (Å²) in [6.07, 6.45) is -1.49. The first kappa shape index (κ1) is 9.31. The number of carboxylic acid groups (broad SMARTS) is 1. The summed E-state index contributed by atoms with van der Waals surface area (Å²) in [7, 11) is 0. The van der Waals surface area contributed by atoms with Crippen molar-refractivity contribution >= 4 is 6.16 Å². The third-order valence-corrected chi connectivity index (χ3v) is 1.66. The topological polar surface area (TPSA) is 79.4 Å². The molecule has 0 bridgehead atoms. The van der Waals surface area contributed by atoms with Crippen molar-refractivity contribution < 1.29 is 14.6 Å². The number of rotatable bonds is 1. The number of ether oxygens (including phenoxy) is 1. The highest BCUT2D eigenvalue weighted by Crippen LogP contribution is 2.08. The van der Waals surface area contributed by atoms with E-state index in [1.807, 2.05) is 0 Å². The maximum atomic E-state index is 11.1. The molecular weight excluding hydrogens is 174 g/mol. The van der Waals surface area contributed by atoms with Gasteiger partial charge in [0.1, 0.15) is 0 Å². The Labute approximate surface area is 74.0 Å². The van der Waals surface area contributed by atoms with Crippen LogP contribution in [0.1, 0.15) is 11.3 Å². The maximum Gasteiger partial charge on any atom is 0.511 e. The standard InChI is InChI=1S/C8H9NO4/c1-4-3-6(13-8(11)12)7(10)9-5(4)2/h3H,1-2H3,(H,9,10)(H,11,12). The molecule has 0 radical (unpaired) electrons. The Balaban J connectivity index is 3.16. The number of aryl methyl sites for hydroxylation is 2. The molecule has 2 N–H and O–H groups in total. The van der Waals surface area contributed by atoms with Crippen LogP contribution in [0.2, 0.25) is 0 Å². The summed E-state index contributed by atoms with van der Waals surface area (Å²) < 4.78 is 4.25. The lowest BCUT2D eigenvalue weighted by atomic mass is 10.2. The van der Waals surface area contributed by atoms with Crippen LogP contribution < -0.4 is 10.3 Å². The molecule has 0 amide bonds. The van der Waals surface area contributed by atoms with E-state index in [1.54, 1.807) is 13.8 Å². The Kier molecular flexibility index (Phi) is 2.36. The molecule has 1 heterocycles. The molecule has 13 heavy (non-hydrogen) atoms. The lowest BCUT2D eigenvalue weighted by Gasteiger charge is -2.02. The molecule has 70 valence electrons. The van der Waals surface area contributed by atoms with Gasteiger partial charge in [0.2, 0.25) is 0 Å². The van der Waals surface area contributed by atoms with Crippen LogP contribution in [0.5, 0.6) is 5.75 Å². The minimum atomic E-state index is -1.49. The first-order valence-corrected chi connectivity index (χ1v) is 3.62. The fraction of sp³-hybridized carbons (Fsp3) is 0.250. The smallest absolute Gasteiger partial charge is 0.449 e. The summed E-state index contributed by atoms with van der Waals surface area (Å²) in [4.78, 5) is 23.7. The van der Waals surface area contributed by atoms with Crippen molar-refractivity contribution in [2.75, 3.05) is 0 Å². The lowest BCUT2D eigenvalue weighted by Crippen LogP contribution is -2.16. The largest absolute Gasteiger partial charge is 0.511 e. The van der Waals surface area contributed by atoms with Gasteiger partial charge in [-0.15, -0.1) is 0 Å². The molecule has 0 fully saturated rings.